The van der Waals surface area contributed by atoms with Crippen molar-refractivity contribution in [3.8, 4) is 33.4 Å². The number of hydrogen-bond donors (Lipinski definition) is 10. The zero-order valence-corrected chi connectivity index (χ0v) is 77.7. The molecule has 0 spiro atoms. The van der Waals surface area contributed by atoms with E-state index in [1.807, 2.05) is 106 Å². The summed E-state index contributed by atoms with van der Waals surface area (Å²) in [7, 11) is 6.49. The molecule has 0 radical (unpaired) electrons. The summed E-state index contributed by atoms with van der Waals surface area (Å²) in [6.45, 7) is 9.70. The standard InChI is InChI=1S/C35H42FN3O6.C34H40FN3O6.C32H35FN2O5.C3H7NO2/c1-24-8-4-9-27(20-24)32-29(11-5-12-30(32)36)35(43,17-7-18-38-34(42)45-3)28-10-6-19-39(23-28)33(41)26-15-13-25(14-16-26)21-37-22-31(40)44-2;1-23-7-3-8-26(19-23)31-28(10-4-11-29(31)35)34(43,16-6-17-37-33(42)44-2)27-9-5-18-38(22-27)32(41)25-14-12-24(13-15-25)20-36-21-30(39)40;1-22-7-3-8-25(19-22)29-27(10-4-11-28(29)33)32(39,16-6-17-34-31(38)40-2)26-9-5-18-35(20-26)30(37)24-14-12-23(21-36)13-15-24;1-6-3(5)2-4/h4-5,8-9,11-16,20,28,37,43H,6-7,10,17-19,21-23H2,1-3H3,(H,38,42);3-4,7-8,10-15,19,27,36,43H,5-6,9,16-18,20-22H2,1-2H3,(H,37,42)(H,39,40);3-4,7-8,10-15,19,21,26,39H,5-6,9,16-18,20H2,1-2H3,(H,34,38);2,4H2,1H3/t28-,35?;27-,34?;26-,32?;/m111./s1. The molecule has 3 unspecified atom stereocenters. The van der Waals surface area contributed by atoms with Crippen LogP contribution in [0.4, 0.5) is 27.6 Å². The molecule has 135 heavy (non-hydrogen) atoms. The number of aryl methyl sites for hydroxylation is 3. The van der Waals surface area contributed by atoms with Crippen molar-refractivity contribution in [2.75, 3.05) is 114 Å². The van der Waals surface area contributed by atoms with E-state index in [1.165, 1.54) is 53.7 Å². The lowest BCUT2D eigenvalue weighted by molar-refractivity contribution is -0.140. The van der Waals surface area contributed by atoms with Crippen molar-refractivity contribution in [1.82, 2.24) is 41.3 Å². The average Bonchev–Trinajstić information content (AvgIpc) is 0.764. The van der Waals surface area contributed by atoms with Crippen LogP contribution in [0.25, 0.3) is 33.4 Å². The Bertz CT molecular complexity index is 5490. The summed E-state index contributed by atoms with van der Waals surface area (Å²) in [6.07, 6.45) is 4.84. The zero-order chi connectivity index (χ0) is 97.8. The average molecular weight is 1860 g/mol. The van der Waals surface area contributed by atoms with Crippen LogP contribution in [-0.4, -0.2) is 209 Å². The van der Waals surface area contributed by atoms with Crippen LogP contribution >= 0.6 is 0 Å². The minimum absolute atomic E-state index is 0.0312. The molecule has 28 nitrogen and oxygen atoms in total. The molecule has 0 saturated carbocycles. The molecule has 3 saturated heterocycles. The van der Waals surface area contributed by atoms with Crippen LogP contribution in [0.1, 0.15) is 163 Å². The molecule has 9 aromatic carbocycles. The minimum Gasteiger partial charge on any atom is -0.480 e. The molecule has 3 fully saturated rings. The van der Waals surface area contributed by atoms with E-state index in [4.69, 9.17) is 10.8 Å². The molecular weight excluding hydrogens is 1740 g/mol. The number of nitrogens with zero attached hydrogens (tertiary/aromatic N) is 3. The van der Waals surface area contributed by atoms with Crippen molar-refractivity contribution < 1.29 is 105 Å². The molecule has 0 aliphatic carbocycles. The van der Waals surface area contributed by atoms with E-state index in [9.17, 15) is 63.3 Å². The van der Waals surface area contributed by atoms with E-state index in [2.05, 4.69) is 50.3 Å². The van der Waals surface area contributed by atoms with Crippen LogP contribution in [0, 0.1) is 56.0 Å². The van der Waals surface area contributed by atoms with Crippen LogP contribution in [0.3, 0.4) is 0 Å². The number of benzene rings is 9. The van der Waals surface area contributed by atoms with Gasteiger partial charge in [-0.1, -0.05) is 162 Å². The van der Waals surface area contributed by atoms with Gasteiger partial charge in [-0.2, -0.15) is 0 Å². The third kappa shape index (κ3) is 29.4. The first kappa shape index (κ1) is 106. The number of aliphatic carboxylic acids is 1. The molecule has 0 bridgehead atoms. The summed E-state index contributed by atoms with van der Waals surface area (Å²) in [5.74, 6) is -4.68. The predicted molar refractivity (Wildman–Crippen MR) is 505 cm³/mol. The molecule has 3 heterocycles. The number of aldehydes is 1. The number of esters is 2. The van der Waals surface area contributed by atoms with E-state index >= 15 is 13.2 Å². The van der Waals surface area contributed by atoms with Gasteiger partial charge in [-0.05, 0) is 197 Å². The van der Waals surface area contributed by atoms with Gasteiger partial charge in [0.15, 0.2) is 0 Å². The van der Waals surface area contributed by atoms with Crippen LogP contribution < -0.4 is 32.3 Å². The van der Waals surface area contributed by atoms with Gasteiger partial charge in [0.1, 0.15) is 23.7 Å². The van der Waals surface area contributed by atoms with Crippen molar-refractivity contribution >= 4 is 60.2 Å². The van der Waals surface area contributed by atoms with Crippen LogP contribution in [-0.2, 0) is 68.0 Å². The van der Waals surface area contributed by atoms with Gasteiger partial charge in [-0.15, -0.1) is 0 Å². The molecule has 11 N–H and O–H groups in total. The second kappa shape index (κ2) is 51.9. The van der Waals surface area contributed by atoms with Gasteiger partial charge < -0.3 is 91.1 Å². The lowest BCUT2D eigenvalue weighted by Crippen LogP contribution is -2.48. The summed E-state index contributed by atoms with van der Waals surface area (Å²) in [5, 5.41) is 60.3. The second-order valence-corrected chi connectivity index (χ2v) is 33.8. The van der Waals surface area contributed by atoms with Crippen molar-refractivity contribution in [2.45, 2.75) is 128 Å². The third-order valence-electron chi connectivity index (χ3n) is 24.6. The maximum Gasteiger partial charge on any atom is 0.406 e. The van der Waals surface area contributed by atoms with Crippen LogP contribution in [0.5, 0.6) is 0 Å². The Labute approximate surface area is 785 Å². The highest BCUT2D eigenvalue weighted by Gasteiger charge is 2.47. The first-order valence-corrected chi connectivity index (χ1v) is 45.1. The number of ether oxygens (including phenoxy) is 5. The number of carboxylic acid groups (broad SMARTS) is 1. The molecular formula is C104H124F3N9O19. The topological polar surface area (TPSA) is 394 Å². The van der Waals surface area contributed by atoms with Gasteiger partial charge in [0.05, 0.1) is 72.0 Å². The number of carbonyl (C=O) groups excluding carboxylic acids is 9. The van der Waals surface area contributed by atoms with Gasteiger partial charge in [-0.3, -0.25) is 33.6 Å². The van der Waals surface area contributed by atoms with Crippen molar-refractivity contribution in [3.05, 3.63) is 284 Å². The minimum atomic E-state index is -1.50. The van der Waals surface area contributed by atoms with Gasteiger partial charge in [-0.25, -0.2) is 27.6 Å². The lowest BCUT2D eigenvalue weighted by Gasteiger charge is -2.43. The number of nitrogens with two attached hydrogens (primary N) is 1. The van der Waals surface area contributed by atoms with E-state index in [-0.39, 0.29) is 120 Å². The Kier molecular flexibility index (Phi) is 40.6. The van der Waals surface area contributed by atoms with Gasteiger partial charge >= 0.3 is 36.2 Å². The number of aliphatic hydroxyl groups is 3. The lowest BCUT2D eigenvalue weighted by atomic mass is 9.72. The van der Waals surface area contributed by atoms with E-state index in [0.29, 0.717) is 163 Å². The number of rotatable bonds is 34. The summed E-state index contributed by atoms with van der Waals surface area (Å²) in [6, 6.07) is 57.5. The number of methoxy groups -OCH3 is 5. The number of amides is 6. The number of carbonyl (C=O) groups is 10. The van der Waals surface area contributed by atoms with Crippen LogP contribution in [0.2, 0.25) is 0 Å². The molecule has 31 heteroatoms. The Morgan fingerprint density at radius 2 is 0.719 bits per heavy atom. The SMILES string of the molecule is COC(=O)CN.COC(=O)CNCc1ccc(C(=O)N2CCC[C@@H](C(O)(CCCNC(=O)OC)c3cccc(F)c3-c3cccc(C)c3)C2)cc1.COC(=O)NCCCC(O)(c1cccc(F)c1-c1cccc(C)c1)[C@@H]1CCCN(C(=O)c2ccc(C=O)cc2)C1.COC(=O)NCCCC(O)(c1cccc(F)c1-c1cccc(C)c1)[C@@H]1CCCN(C(=O)c2ccc(CNCC(=O)O)cc2)C1. The smallest absolute Gasteiger partial charge is 0.406 e. The Morgan fingerprint density at radius 1 is 0.415 bits per heavy atom. The number of halogens is 3. The highest BCUT2D eigenvalue weighted by atomic mass is 19.1. The zero-order valence-electron chi connectivity index (χ0n) is 77.7. The monoisotopic (exact) mass is 1860 g/mol. The summed E-state index contributed by atoms with van der Waals surface area (Å²) in [5.41, 5.74) is 11.3. The van der Waals surface area contributed by atoms with E-state index < -0.39 is 64.4 Å². The maximum absolute atomic E-state index is 15.6. The van der Waals surface area contributed by atoms with Crippen LogP contribution in [0.15, 0.2) is 200 Å². The summed E-state index contributed by atoms with van der Waals surface area (Å²) >= 11 is 0. The Balaban J connectivity index is 0.000000220. The molecule has 3 aliphatic heterocycles. The fourth-order valence-corrected chi connectivity index (χ4v) is 17.7. The highest BCUT2D eigenvalue weighted by molar-refractivity contribution is 5.96. The largest absolute Gasteiger partial charge is 0.480 e. The van der Waals surface area contributed by atoms with E-state index in [1.54, 1.807) is 112 Å². The first-order valence-electron chi connectivity index (χ1n) is 45.1. The number of alkyl carbamates (subject to hydrolysis) is 3. The van der Waals surface area contributed by atoms with Gasteiger partial charge in [0, 0.05) is 129 Å². The molecule has 3 aliphatic rings. The maximum atomic E-state index is 15.6. The normalized spacial score (nSPS) is 15.9. The number of hydrogen-bond acceptors (Lipinski definition) is 21. The number of piperidine rings is 3. The third-order valence-corrected chi connectivity index (χ3v) is 24.6. The summed E-state index contributed by atoms with van der Waals surface area (Å²) < 4.78 is 69.5. The summed E-state index contributed by atoms with van der Waals surface area (Å²) in [4.78, 5) is 124. The second-order valence-electron chi connectivity index (χ2n) is 33.8. The number of likely N-dealkylation sites (tertiary alicyclic amines) is 3. The number of carboxylic acids is 1. The molecule has 6 atom stereocenters. The molecule has 720 valence electrons. The van der Waals surface area contributed by atoms with Gasteiger partial charge in [0.25, 0.3) is 17.7 Å². The quantitative estimate of drug-likeness (QED) is 0.00775. The fraction of sp³-hybridized carbons (Fsp3) is 0.385. The van der Waals surface area contributed by atoms with Crippen molar-refractivity contribution in [2.24, 2.45) is 23.5 Å². The number of nitrogens with one attached hydrogen (secondary N) is 5. The molecule has 9 aromatic rings. The Morgan fingerprint density at radius 3 is 0.993 bits per heavy atom. The van der Waals surface area contributed by atoms with Crippen molar-refractivity contribution in [1.29, 1.82) is 0 Å². The fourth-order valence-electron chi connectivity index (χ4n) is 17.7. The molecule has 0 aromatic heterocycles. The highest BCUT2D eigenvalue weighted by Crippen LogP contribution is 2.49. The predicted octanol–water partition coefficient (Wildman–Crippen LogP) is 14.4. The molecule has 12 rings (SSSR count). The first-order chi connectivity index (χ1) is 64.8. The Hall–Kier alpha value is -13.2. The van der Waals surface area contributed by atoms with Gasteiger partial charge in [0.2, 0.25) is 0 Å². The van der Waals surface area contributed by atoms with Crippen molar-refractivity contribution in [3.63, 3.8) is 0 Å². The molecule has 6 amide bonds. The van der Waals surface area contributed by atoms with E-state index in [0.717, 1.165) is 34.1 Å².